The molecule has 0 radical (unpaired) electrons. The van der Waals surface area contributed by atoms with Crippen LogP contribution in [0.25, 0.3) is 10.9 Å². The molecule has 0 spiro atoms. The largest absolute Gasteiger partial charge is 0.432 e. The molecule has 3 rings (SSSR count). The third-order valence-corrected chi connectivity index (χ3v) is 3.69. The summed E-state index contributed by atoms with van der Waals surface area (Å²) in [6, 6.07) is 4.57. The summed E-state index contributed by atoms with van der Waals surface area (Å²) in [6.45, 7) is -3.08. The van der Waals surface area contributed by atoms with Crippen LogP contribution in [0.2, 0.25) is 0 Å². The predicted molar refractivity (Wildman–Crippen MR) is 66.1 cm³/mol. The van der Waals surface area contributed by atoms with Crippen molar-refractivity contribution in [2.45, 2.75) is 31.9 Å². The standard InChI is InChI=1S/C14H11F3N2O/c15-11-4-10-8(6-18)7-19(9-2-1-3-9)12(10)5-13(11)20-14(16)17/h4-5,7,9,14H,1-3H2. The van der Waals surface area contributed by atoms with Crippen LogP contribution >= 0.6 is 0 Å². The highest BCUT2D eigenvalue weighted by atomic mass is 19.3. The molecule has 0 bridgehead atoms. The third-order valence-electron chi connectivity index (χ3n) is 3.69. The first-order valence-electron chi connectivity index (χ1n) is 6.29. The number of nitrogens with zero attached hydrogens (tertiary/aromatic N) is 2. The van der Waals surface area contributed by atoms with Gasteiger partial charge in [-0.05, 0) is 25.3 Å². The number of hydrogen-bond acceptors (Lipinski definition) is 2. The maximum absolute atomic E-state index is 13.7. The van der Waals surface area contributed by atoms with Gasteiger partial charge in [-0.3, -0.25) is 0 Å². The van der Waals surface area contributed by atoms with Crippen molar-refractivity contribution in [2.75, 3.05) is 0 Å². The van der Waals surface area contributed by atoms with Crippen LogP contribution in [0, 0.1) is 17.1 Å². The van der Waals surface area contributed by atoms with Gasteiger partial charge >= 0.3 is 6.61 Å². The Morgan fingerprint density at radius 1 is 1.35 bits per heavy atom. The van der Waals surface area contributed by atoms with Crippen molar-refractivity contribution >= 4 is 10.9 Å². The van der Waals surface area contributed by atoms with Crippen LogP contribution < -0.4 is 4.74 Å². The Balaban J connectivity index is 2.17. The van der Waals surface area contributed by atoms with E-state index in [1.807, 2.05) is 10.6 Å². The number of aromatic nitrogens is 1. The summed E-state index contributed by atoms with van der Waals surface area (Å²) in [4.78, 5) is 0. The summed E-state index contributed by atoms with van der Waals surface area (Å²) in [5, 5.41) is 9.52. The van der Waals surface area contributed by atoms with E-state index in [0.29, 0.717) is 16.5 Å². The minimum atomic E-state index is -3.08. The molecule has 6 heteroatoms. The SMILES string of the molecule is N#Cc1cn(C2CCC2)c2cc(OC(F)F)c(F)cc12. The van der Waals surface area contributed by atoms with Crippen LogP contribution in [0.3, 0.4) is 0 Å². The minimum Gasteiger partial charge on any atom is -0.432 e. The molecule has 1 aromatic heterocycles. The summed E-state index contributed by atoms with van der Waals surface area (Å²) < 4.78 is 44.3. The van der Waals surface area contributed by atoms with Crippen LogP contribution in [0.15, 0.2) is 18.3 Å². The van der Waals surface area contributed by atoms with Crippen molar-refractivity contribution in [3.8, 4) is 11.8 Å². The van der Waals surface area contributed by atoms with Gasteiger partial charge in [-0.25, -0.2) is 4.39 Å². The fourth-order valence-electron chi connectivity index (χ4n) is 2.49. The Morgan fingerprint density at radius 2 is 2.10 bits per heavy atom. The molecular weight excluding hydrogens is 269 g/mol. The van der Waals surface area contributed by atoms with E-state index in [4.69, 9.17) is 5.26 Å². The normalized spacial score (nSPS) is 15.3. The van der Waals surface area contributed by atoms with E-state index >= 15 is 0 Å². The molecule has 1 aliphatic carbocycles. The van der Waals surface area contributed by atoms with Gasteiger partial charge in [-0.15, -0.1) is 0 Å². The third kappa shape index (κ3) is 1.99. The van der Waals surface area contributed by atoms with Crippen LogP contribution in [0.5, 0.6) is 5.75 Å². The van der Waals surface area contributed by atoms with Crippen molar-refractivity contribution < 1.29 is 17.9 Å². The van der Waals surface area contributed by atoms with E-state index in [0.717, 1.165) is 25.3 Å². The molecule has 1 aliphatic rings. The van der Waals surface area contributed by atoms with Gasteiger partial charge in [0.05, 0.1) is 11.1 Å². The van der Waals surface area contributed by atoms with Crippen LogP contribution in [0.1, 0.15) is 30.9 Å². The van der Waals surface area contributed by atoms with E-state index in [-0.39, 0.29) is 6.04 Å². The fourth-order valence-corrected chi connectivity index (χ4v) is 2.49. The second-order valence-corrected chi connectivity index (χ2v) is 4.82. The maximum Gasteiger partial charge on any atom is 0.387 e. The summed E-state index contributed by atoms with van der Waals surface area (Å²) in [5.74, 6) is -1.38. The lowest BCUT2D eigenvalue weighted by molar-refractivity contribution is -0.0520. The molecule has 3 nitrogen and oxygen atoms in total. The number of halogens is 3. The Labute approximate surface area is 113 Å². The maximum atomic E-state index is 13.7. The summed E-state index contributed by atoms with van der Waals surface area (Å²) >= 11 is 0. The van der Waals surface area contributed by atoms with E-state index < -0.39 is 18.2 Å². The number of benzene rings is 1. The number of rotatable bonds is 3. The van der Waals surface area contributed by atoms with Gasteiger partial charge in [-0.1, -0.05) is 0 Å². The highest BCUT2D eigenvalue weighted by Crippen LogP contribution is 2.37. The molecule has 0 saturated heterocycles. The number of nitriles is 1. The van der Waals surface area contributed by atoms with Gasteiger partial charge in [0.2, 0.25) is 0 Å². The lowest BCUT2D eigenvalue weighted by Crippen LogP contribution is -2.16. The van der Waals surface area contributed by atoms with E-state index in [2.05, 4.69) is 4.74 Å². The lowest BCUT2D eigenvalue weighted by Gasteiger charge is -2.28. The monoisotopic (exact) mass is 280 g/mol. The first kappa shape index (κ1) is 12.9. The Hall–Kier alpha value is -2.16. The van der Waals surface area contributed by atoms with Crippen molar-refractivity contribution in [1.29, 1.82) is 5.26 Å². The number of alkyl halides is 2. The summed E-state index contributed by atoms with van der Waals surface area (Å²) in [7, 11) is 0. The lowest BCUT2D eigenvalue weighted by atomic mass is 9.93. The predicted octanol–water partition coefficient (Wildman–Crippen LogP) is 3.98. The van der Waals surface area contributed by atoms with Crippen molar-refractivity contribution in [3.05, 3.63) is 29.7 Å². The van der Waals surface area contributed by atoms with Crippen molar-refractivity contribution in [3.63, 3.8) is 0 Å². The van der Waals surface area contributed by atoms with Crippen LogP contribution in [-0.4, -0.2) is 11.2 Å². The van der Waals surface area contributed by atoms with Gasteiger partial charge in [0.15, 0.2) is 11.6 Å². The Bertz CT molecular complexity index is 698. The average molecular weight is 280 g/mol. The first-order valence-corrected chi connectivity index (χ1v) is 6.29. The minimum absolute atomic E-state index is 0.240. The van der Waals surface area contributed by atoms with Crippen molar-refractivity contribution in [1.82, 2.24) is 4.57 Å². The second-order valence-electron chi connectivity index (χ2n) is 4.82. The average Bonchev–Trinajstić information content (AvgIpc) is 2.65. The molecule has 1 saturated carbocycles. The molecule has 1 aromatic carbocycles. The smallest absolute Gasteiger partial charge is 0.387 e. The molecule has 0 unspecified atom stereocenters. The Kier molecular flexibility index (Phi) is 3.05. The molecule has 0 atom stereocenters. The zero-order chi connectivity index (χ0) is 14.3. The Morgan fingerprint density at radius 3 is 2.65 bits per heavy atom. The van der Waals surface area contributed by atoms with Crippen LogP contribution in [0.4, 0.5) is 13.2 Å². The van der Waals surface area contributed by atoms with Gasteiger partial charge in [0, 0.05) is 23.7 Å². The second kappa shape index (κ2) is 4.75. The molecule has 2 aromatic rings. The van der Waals surface area contributed by atoms with Gasteiger partial charge < -0.3 is 9.30 Å². The molecule has 1 fully saturated rings. The van der Waals surface area contributed by atoms with Gasteiger partial charge in [0.1, 0.15) is 6.07 Å². The highest BCUT2D eigenvalue weighted by molar-refractivity contribution is 5.88. The zero-order valence-corrected chi connectivity index (χ0v) is 10.4. The quantitative estimate of drug-likeness (QED) is 0.853. The fraction of sp³-hybridized carbons (Fsp3) is 0.357. The molecule has 0 N–H and O–H groups in total. The van der Waals surface area contributed by atoms with E-state index in [1.165, 1.54) is 6.07 Å². The molecule has 104 valence electrons. The zero-order valence-electron chi connectivity index (χ0n) is 10.4. The number of fused-ring (bicyclic) bond motifs is 1. The molecule has 0 aliphatic heterocycles. The summed E-state index contributed by atoms with van der Waals surface area (Å²) in [5.41, 5.74) is 0.901. The highest BCUT2D eigenvalue weighted by Gasteiger charge is 2.24. The molecule has 0 amide bonds. The van der Waals surface area contributed by atoms with E-state index in [9.17, 15) is 13.2 Å². The van der Waals surface area contributed by atoms with E-state index in [1.54, 1.807) is 6.20 Å². The molecule has 1 heterocycles. The van der Waals surface area contributed by atoms with Crippen LogP contribution in [-0.2, 0) is 0 Å². The number of hydrogen-bond donors (Lipinski definition) is 0. The van der Waals surface area contributed by atoms with Gasteiger partial charge in [-0.2, -0.15) is 14.0 Å². The number of ether oxygens (including phenoxy) is 1. The molecule has 20 heavy (non-hydrogen) atoms. The first-order chi connectivity index (χ1) is 9.60. The molecular formula is C14H11F3N2O. The summed E-state index contributed by atoms with van der Waals surface area (Å²) in [6.07, 6.45) is 4.68. The van der Waals surface area contributed by atoms with Crippen molar-refractivity contribution in [2.24, 2.45) is 0 Å². The topological polar surface area (TPSA) is 38.0 Å². The van der Waals surface area contributed by atoms with Gasteiger partial charge in [0.25, 0.3) is 0 Å².